The summed E-state index contributed by atoms with van der Waals surface area (Å²) in [6, 6.07) is 10.2. The van der Waals surface area contributed by atoms with Crippen LogP contribution in [0.15, 0.2) is 36.4 Å². The van der Waals surface area contributed by atoms with Gasteiger partial charge in [0.2, 0.25) is 5.91 Å². The number of nitrogens with zero attached hydrogens (tertiary/aromatic N) is 1. The van der Waals surface area contributed by atoms with Crippen LogP contribution in [0.1, 0.15) is 23.6 Å². The van der Waals surface area contributed by atoms with E-state index in [1.54, 1.807) is 12.1 Å². The summed E-state index contributed by atoms with van der Waals surface area (Å²) < 4.78 is 34.4. The fraction of sp³-hybridized carbons (Fsp3) is 0.381. The molecule has 0 fully saturated rings. The summed E-state index contributed by atoms with van der Waals surface area (Å²) in [5.41, 5.74) is 3.67. The molecule has 0 aliphatic carbocycles. The van der Waals surface area contributed by atoms with Crippen LogP contribution in [-0.2, 0) is 11.3 Å². The van der Waals surface area contributed by atoms with E-state index in [9.17, 15) is 13.6 Å². The van der Waals surface area contributed by atoms with E-state index in [0.717, 1.165) is 22.4 Å². The van der Waals surface area contributed by atoms with Gasteiger partial charge in [-0.1, -0.05) is 18.2 Å². The summed E-state index contributed by atoms with van der Waals surface area (Å²) >= 11 is 0. The van der Waals surface area contributed by atoms with Crippen molar-refractivity contribution < 1.29 is 23.0 Å². The molecule has 28 heavy (non-hydrogen) atoms. The van der Waals surface area contributed by atoms with Crippen LogP contribution >= 0.6 is 0 Å². The highest BCUT2D eigenvalue weighted by molar-refractivity contribution is 5.95. The molecule has 1 N–H and O–H groups in total. The van der Waals surface area contributed by atoms with E-state index in [2.05, 4.69) is 10.1 Å². The van der Waals surface area contributed by atoms with E-state index in [4.69, 9.17) is 4.74 Å². The van der Waals surface area contributed by atoms with Gasteiger partial charge >= 0.3 is 6.61 Å². The molecule has 0 aliphatic heterocycles. The Labute approximate surface area is 164 Å². The molecule has 2 aromatic rings. The van der Waals surface area contributed by atoms with Crippen molar-refractivity contribution in [1.29, 1.82) is 0 Å². The number of nitrogens with one attached hydrogen (secondary N) is 1. The molecule has 0 radical (unpaired) electrons. The molecule has 0 bridgehead atoms. The highest BCUT2D eigenvalue weighted by Gasteiger charge is 2.20. The molecule has 0 saturated heterocycles. The van der Waals surface area contributed by atoms with Crippen LogP contribution in [0.4, 0.5) is 14.5 Å². The molecule has 0 heterocycles. The average Bonchev–Trinajstić information content (AvgIpc) is 2.64. The van der Waals surface area contributed by atoms with Crippen LogP contribution in [-0.4, -0.2) is 37.6 Å². The van der Waals surface area contributed by atoms with Crippen LogP contribution in [0.3, 0.4) is 0 Å². The first-order chi connectivity index (χ1) is 13.2. The Morgan fingerprint density at radius 3 is 2.50 bits per heavy atom. The monoisotopic (exact) mass is 392 g/mol. The maximum Gasteiger partial charge on any atom is 0.387 e. The summed E-state index contributed by atoms with van der Waals surface area (Å²) in [4.78, 5) is 14.5. The van der Waals surface area contributed by atoms with Crippen molar-refractivity contribution in [3.05, 3.63) is 53.1 Å². The minimum Gasteiger partial charge on any atom is -0.493 e. The molecule has 0 aliphatic rings. The average molecular weight is 392 g/mol. The number of hydrogen-bond donors (Lipinski definition) is 1. The number of benzene rings is 2. The summed E-state index contributed by atoms with van der Waals surface area (Å²) in [7, 11) is 3.21. The molecule has 0 saturated carbocycles. The van der Waals surface area contributed by atoms with Gasteiger partial charge in [-0.05, 0) is 62.7 Å². The number of methoxy groups -OCH3 is 1. The van der Waals surface area contributed by atoms with E-state index in [1.165, 1.54) is 13.2 Å². The quantitative estimate of drug-likeness (QED) is 0.725. The van der Waals surface area contributed by atoms with Gasteiger partial charge in [0.1, 0.15) is 0 Å². The molecule has 7 heteroatoms. The van der Waals surface area contributed by atoms with Crippen LogP contribution in [0.25, 0.3) is 0 Å². The summed E-state index contributed by atoms with van der Waals surface area (Å²) in [6.45, 7) is 3.24. The largest absolute Gasteiger partial charge is 0.493 e. The van der Waals surface area contributed by atoms with E-state index in [1.807, 2.05) is 50.9 Å². The lowest BCUT2D eigenvalue weighted by Crippen LogP contribution is -2.39. The number of carbonyl (C=O) groups excluding carboxylic acids is 1. The molecule has 1 atom stereocenters. The molecule has 152 valence electrons. The number of halogens is 2. The van der Waals surface area contributed by atoms with Gasteiger partial charge in [-0.15, -0.1) is 0 Å². The Hall–Kier alpha value is -2.67. The van der Waals surface area contributed by atoms with Gasteiger partial charge in [0, 0.05) is 12.2 Å². The summed E-state index contributed by atoms with van der Waals surface area (Å²) in [6.07, 6.45) is 0. The molecule has 0 spiro atoms. The SMILES string of the molecule is COc1cc(CN(C)[C@H](C)C(=O)Nc2cc(C)ccc2C)ccc1OC(F)F. The number of rotatable bonds is 8. The number of ether oxygens (including phenoxy) is 2. The number of hydrogen-bond acceptors (Lipinski definition) is 4. The molecule has 1 amide bonds. The van der Waals surface area contributed by atoms with Crippen molar-refractivity contribution in [3.63, 3.8) is 0 Å². The Kier molecular flexibility index (Phi) is 7.34. The van der Waals surface area contributed by atoms with Crippen LogP contribution in [0.5, 0.6) is 11.5 Å². The second-order valence-electron chi connectivity index (χ2n) is 6.76. The van der Waals surface area contributed by atoms with E-state index >= 15 is 0 Å². The van der Waals surface area contributed by atoms with Gasteiger partial charge in [0.05, 0.1) is 13.2 Å². The first-order valence-corrected chi connectivity index (χ1v) is 8.91. The number of likely N-dealkylation sites (N-methyl/N-ethyl adjacent to an activating group) is 1. The highest BCUT2D eigenvalue weighted by atomic mass is 19.3. The topological polar surface area (TPSA) is 50.8 Å². The number of aryl methyl sites for hydroxylation is 2. The van der Waals surface area contributed by atoms with Crippen molar-refractivity contribution in [3.8, 4) is 11.5 Å². The lowest BCUT2D eigenvalue weighted by atomic mass is 10.1. The fourth-order valence-electron chi connectivity index (χ4n) is 2.74. The van der Waals surface area contributed by atoms with Gasteiger partial charge in [-0.2, -0.15) is 8.78 Å². The van der Waals surface area contributed by atoms with Crippen LogP contribution in [0.2, 0.25) is 0 Å². The smallest absolute Gasteiger partial charge is 0.387 e. The minimum absolute atomic E-state index is 0.0235. The van der Waals surface area contributed by atoms with Crippen molar-refractivity contribution in [2.45, 2.75) is 40.0 Å². The number of amides is 1. The molecular weight excluding hydrogens is 366 g/mol. The zero-order chi connectivity index (χ0) is 20.8. The van der Waals surface area contributed by atoms with Crippen molar-refractivity contribution >= 4 is 11.6 Å². The van der Waals surface area contributed by atoms with E-state index in [0.29, 0.717) is 6.54 Å². The minimum atomic E-state index is -2.92. The summed E-state index contributed by atoms with van der Waals surface area (Å²) in [5, 5.41) is 2.96. The predicted octanol–water partition coefficient (Wildman–Crippen LogP) is 4.37. The van der Waals surface area contributed by atoms with Crippen LogP contribution < -0.4 is 14.8 Å². The van der Waals surface area contributed by atoms with Gasteiger partial charge in [0.25, 0.3) is 0 Å². The molecule has 0 unspecified atom stereocenters. The third-order valence-corrected chi connectivity index (χ3v) is 4.57. The number of alkyl halides is 2. The molecule has 2 aromatic carbocycles. The Morgan fingerprint density at radius 1 is 1.14 bits per heavy atom. The third-order valence-electron chi connectivity index (χ3n) is 4.57. The maximum atomic E-state index is 12.6. The number of carbonyl (C=O) groups is 1. The van der Waals surface area contributed by atoms with E-state index < -0.39 is 12.7 Å². The Balaban J connectivity index is 2.05. The van der Waals surface area contributed by atoms with E-state index in [-0.39, 0.29) is 17.4 Å². The first kappa shape index (κ1) is 21.6. The predicted molar refractivity (Wildman–Crippen MR) is 105 cm³/mol. The van der Waals surface area contributed by atoms with Gasteiger partial charge < -0.3 is 14.8 Å². The van der Waals surface area contributed by atoms with Gasteiger partial charge in [-0.3, -0.25) is 9.69 Å². The lowest BCUT2D eigenvalue weighted by Gasteiger charge is -2.24. The first-order valence-electron chi connectivity index (χ1n) is 8.91. The standard InChI is InChI=1S/C21H26F2N2O3/c1-13-6-7-14(2)17(10-13)24-20(26)15(3)25(4)12-16-8-9-18(28-21(22)23)19(11-16)27-5/h6-11,15,21H,12H2,1-5H3,(H,24,26)/t15-/m1/s1. The summed E-state index contributed by atoms with van der Waals surface area (Å²) in [5.74, 6) is 0.0733. The molecular formula is C21H26F2N2O3. The van der Waals surface area contributed by atoms with Crippen LogP contribution in [0, 0.1) is 13.8 Å². The van der Waals surface area contributed by atoms with Gasteiger partial charge in [-0.25, -0.2) is 0 Å². The zero-order valence-corrected chi connectivity index (χ0v) is 16.8. The lowest BCUT2D eigenvalue weighted by molar-refractivity contribution is -0.120. The molecule has 2 rings (SSSR count). The van der Waals surface area contributed by atoms with Crippen molar-refractivity contribution in [2.75, 3.05) is 19.5 Å². The maximum absolute atomic E-state index is 12.6. The van der Waals surface area contributed by atoms with Crippen molar-refractivity contribution in [2.24, 2.45) is 0 Å². The fourth-order valence-corrected chi connectivity index (χ4v) is 2.74. The third kappa shape index (κ3) is 5.66. The highest BCUT2D eigenvalue weighted by Crippen LogP contribution is 2.30. The van der Waals surface area contributed by atoms with Crippen molar-refractivity contribution in [1.82, 2.24) is 4.90 Å². The van der Waals surface area contributed by atoms with Gasteiger partial charge in [0.15, 0.2) is 11.5 Å². The second kappa shape index (κ2) is 9.50. The molecule has 5 nitrogen and oxygen atoms in total. The normalized spacial score (nSPS) is 12.2. The Morgan fingerprint density at radius 2 is 1.86 bits per heavy atom. The number of anilines is 1. The molecule has 0 aromatic heterocycles. The second-order valence-corrected chi connectivity index (χ2v) is 6.76. The Bertz CT molecular complexity index is 827. The zero-order valence-electron chi connectivity index (χ0n) is 16.8.